The van der Waals surface area contributed by atoms with E-state index in [1.165, 1.54) is 38.5 Å². The quantitative estimate of drug-likeness (QED) is 0.468. The van der Waals surface area contributed by atoms with Gasteiger partial charge in [-0.25, -0.2) is 0 Å². The van der Waals surface area contributed by atoms with Crippen LogP contribution in [0.1, 0.15) is 38.5 Å². The molecule has 2 atom stereocenters. The lowest BCUT2D eigenvalue weighted by atomic mass is 9.72. The summed E-state index contributed by atoms with van der Waals surface area (Å²) < 4.78 is 0. The van der Waals surface area contributed by atoms with Crippen molar-refractivity contribution in [3.05, 3.63) is 23.4 Å². The predicted octanol–water partition coefficient (Wildman–Crippen LogP) is 4.95. The van der Waals surface area contributed by atoms with Gasteiger partial charge in [-0.3, -0.25) is 0 Å². The molecule has 90 valence electrons. The van der Waals surface area contributed by atoms with Crippen LogP contribution < -0.4 is 0 Å². The highest BCUT2D eigenvalue weighted by atomic mass is 28.3. The first-order valence-electron chi connectivity index (χ1n) is 6.95. The molecule has 1 heteroatoms. The van der Waals surface area contributed by atoms with Crippen molar-refractivity contribution in [3.8, 4) is 0 Å². The topological polar surface area (TPSA) is 0 Å². The summed E-state index contributed by atoms with van der Waals surface area (Å²) in [7, 11) is -1.01. The van der Waals surface area contributed by atoms with Crippen molar-refractivity contribution in [2.75, 3.05) is 0 Å². The average Bonchev–Trinajstić information content (AvgIpc) is 2.25. The van der Waals surface area contributed by atoms with Gasteiger partial charge in [0.2, 0.25) is 0 Å². The molecule has 0 saturated heterocycles. The zero-order valence-electron chi connectivity index (χ0n) is 11.1. The summed E-state index contributed by atoms with van der Waals surface area (Å²) in [5.41, 5.74) is 4.35. The molecule has 1 saturated carbocycles. The van der Waals surface area contributed by atoms with Crippen LogP contribution in [0.15, 0.2) is 23.4 Å². The Bertz CT molecular complexity index is 293. The van der Waals surface area contributed by atoms with Gasteiger partial charge in [-0.05, 0) is 43.9 Å². The Morgan fingerprint density at radius 2 is 1.88 bits per heavy atom. The Labute approximate surface area is 102 Å². The van der Waals surface area contributed by atoms with Crippen LogP contribution in [0, 0.1) is 11.8 Å². The van der Waals surface area contributed by atoms with Crippen molar-refractivity contribution in [2.45, 2.75) is 58.2 Å². The van der Waals surface area contributed by atoms with Crippen LogP contribution in [0.25, 0.3) is 0 Å². The van der Waals surface area contributed by atoms with Gasteiger partial charge < -0.3 is 0 Å². The van der Waals surface area contributed by atoms with Gasteiger partial charge >= 0.3 is 0 Å². The molecule has 1 fully saturated rings. The smallest absolute Gasteiger partial charge is 0.0683 e. The molecule has 0 spiro atoms. The average molecular weight is 234 g/mol. The summed E-state index contributed by atoms with van der Waals surface area (Å²) in [6.07, 6.45) is 13.7. The lowest BCUT2D eigenvalue weighted by Gasteiger charge is -2.34. The molecule has 2 rings (SSSR count). The zero-order chi connectivity index (χ0) is 11.6. The van der Waals surface area contributed by atoms with Gasteiger partial charge in [-0.15, -0.1) is 0 Å². The Hall–Kier alpha value is -0.303. The molecule has 0 unspecified atom stereocenters. The number of allylic oxidation sites excluding steroid dienone is 3. The third kappa shape index (κ3) is 3.10. The third-order valence-corrected chi connectivity index (χ3v) is 5.13. The molecule has 0 aromatic heterocycles. The molecule has 0 N–H and O–H groups in total. The van der Waals surface area contributed by atoms with Crippen LogP contribution in [-0.4, -0.2) is 8.07 Å². The van der Waals surface area contributed by atoms with E-state index in [4.69, 9.17) is 0 Å². The fourth-order valence-corrected chi connectivity index (χ4v) is 3.90. The number of hydrogen-bond acceptors (Lipinski definition) is 0. The normalized spacial score (nSPS) is 31.3. The minimum absolute atomic E-state index is 0.797. The van der Waals surface area contributed by atoms with Crippen molar-refractivity contribution in [3.63, 3.8) is 0 Å². The van der Waals surface area contributed by atoms with Gasteiger partial charge in [0.25, 0.3) is 0 Å². The highest BCUT2D eigenvalue weighted by Gasteiger charge is 2.27. The monoisotopic (exact) mass is 234 g/mol. The van der Waals surface area contributed by atoms with Crippen LogP contribution in [0.2, 0.25) is 19.6 Å². The molecule has 0 bridgehead atoms. The maximum Gasteiger partial charge on any atom is 0.0683 e. The zero-order valence-corrected chi connectivity index (χ0v) is 12.1. The van der Waals surface area contributed by atoms with E-state index in [1.807, 2.05) is 0 Å². The molecular formula is C15H26Si. The Kier molecular flexibility index (Phi) is 3.73. The highest BCUT2D eigenvalue weighted by Crippen LogP contribution is 2.40. The van der Waals surface area contributed by atoms with Gasteiger partial charge in [0.05, 0.1) is 8.07 Å². The standard InChI is InChI=1S/C15H26Si/c1-16(2,3)12-11-14-9-6-8-13-7-4-5-10-15(13)14/h10-14H,4-9H2,1-3H3/b12-11+/t13-,14-/m0/s1. The van der Waals surface area contributed by atoms with Gasteiger partial charge in [-0.1, -0.05) is 49.5 Å². The van der Waals surface area contributed by atoms with Crippen LogP contribution in [0.3, 0.4) is 0 Å². The Morgan fingerprint density at radius 3 is 2.62 bits per heavy atom. The van der Waals surface area contributed by atoms with Crippen LogP contribution in [0.4, 0.5) is 0 Å². The Morgan fingerprint density at radius 1 is 1.12 bits per heavy atom. The van der Waals surface area contributed by atoms with Crippen LogP contribution in [-0.2, 0) is 0 Å². The summed E-state index contributed by atoms with van der Waals surface area (Å²) in [4.78, 5) is 0. The Balaban J connectivity index is 2.08. The maximum atomic E-state index is 2.56. The van der Waals surface area contributed by atoms with Crippen LogP contribution in [0.5, 0.6) is 0 Å². The van der Waals surface area contributed by atoms with Gasteiger partial charge in [0.1, 0.15) is 0 Å². The first-order valence-corrected chi connectivity index (χ1v) is 10.5. The summed E-state index contributed by atoms with van der Waals surface area (Å²) in [5.74, 6) is 1.74. The van der Waals surface area contributed by atoms with Gasteiger partial charge in [0.15, 0.2) is 0 Å². The van der Waals surface area contributed by atoms with Crippen molar-refractivity contribution in [1.29, 1.82) is 0 Å². The molecular weight excluding hydrogens is 208 g/mol. The maximum absolute atomic E-state index is 2.56. The molecule has 2 aliphatic carbocycles. The molecule has 0 aromatic carbocycles. The summed E-state index contributed by atoms with van der Waals surface area (Å²) in [6, 6.07) is 0. The number of fused-ring (bicyclic) bond motifs is 1. The second kappa shape index (κ2) is 4.91. The van der Waals surface area contributed by atoms with E-state index in [0.717, 1.165) is 11.8 Å². The van der Waals surface area contributed by atoms with E-state index in [9.17, 15) is 0 Å². The SMILES string of the molecule is C[Si](C)(C)/C=C/[C@@H]1CCC[C@@H]2CCCC=C21. The minimum Gasteiger partial charge on any atom is -0.0983 e. The van der Waals surface area contributed by atoms with E-state index in [2.05, 4.69) is 37.5 Å². The van der Waals surface area contributed by atoms with E-state index < -0.39 is 8.07 Å². The first-order chi connectivity index (χ1) is 7.56. The summed E-state index contributed by atoms with van der Waals surface area (Å²) >= 11 is 0. The molecule has 0 aromatic rings. The first kappa shape index (κ1) is 12.2. The molecule has 0 radical (unpaired) electrons. The molecule has 2 aliphatic rings. The van der Waals surface area contributed by atoms with E-state index in [1.54, 1.807) is 5.57 Å². The van der Waals surface area contributed by atoms with E-state index in [-0.39, 0.29) is 0 Å². The second-order valence-electron chi connectivity index (χ2n) is 6.59. The van der Waals surface area contributed by atoms with Crippen molar-refractivity contribution in [1.82, 2.24) is 0 Å². The molecule has 16 heavy (non-hydrogen) atoms. The van der Waals surface area contributed by atoms with Gasteiger partial charge in [0, 0.05) is 0 Å². The minimum atomic E-state index is -1.01. The van der Waals surface area contributed by atoms with Crippen molar-refractivity contribution in [2.24, 2.45) is 11.8 Å². The van der Waals surface area contributed by atoms with Crippen LogP contribution >= 0.6 is 0 Å². The lowest BCUT2D eigenvalue weighted by Crippen LogP contribution is -2.22. The van der Waals surface area contributed by atoms with Gasteiger partial charge in [-0.2, -0.15) is 0 Å². The molecule has 0 nitrogen and oxygen atoms in total. The van der Waals surface area contributed by atoms with Crippen molar-refractivity contribution < 1.29 is 0 Å². The fraction of sp³-hybridized carbons (Fsp3) is 0.733. The predicted molar refractivity (Wildman–Crippen MR) is 75.3 cm³/mol. The lowest BCUT2D eigenvalue weighted by molar-refractivity contribution is 0.364. The van der Waals surface area contributed by atoms with Crippen molar-refractivity contribution >= 4 is 8.07 Å². The summed E-state index contributed by atoms with van der Waals surface area (Å²) in [6.45, 7) is 7.29. The summed E-state index contributed by atoms with van der Waals surface area (Å²) in [5, 5.41) is 0. The van der Waals surface area contributed by atoms with E-state index >= 15 is 0 Å². The molecule has 0 heterocycles. The molecule has 0 aliphatic heterocycles. The number of rotatable bonds is 2. The highest BCUT2D eigenvalue weighted by molar-refractivity contribution is 6.80. The second-order valence-corrected chi connectivity index (χ2v) is 11.7. The fourth-order valence-electron chi connectivity index (χ4n) is 3.09. The number of hydrogen-bond donors (Lipinski definition) is 0. The third-order valence-electron chi connectivity index (χ3n) is 3.93. The largest absolute Gasteiger partial charge is 0.0983 e. The molecule has 0 amide bonds. The van der Waals surface area contributed by atoms with E-state index in [0.29, 0.717) is 0 Å².